The van der Waals surface area contributed by atoms with E-state index < -0.39 is 6.10 Å². The highest BCUT2D eigenvalue weighted by Gasteiger charge is 2.28. The van der Waals surface area contributed by atoms with E-state index in [-0.39, 0.29) is 0 Å². The third-order valence-electron chi connectivity index (χ3n) is 2.90. The number of fused-ring (bicyclic) bond motifs is 3. The zero-order chi connectivity index (χ0) is 11.3. The van der Waals surface area contributed by atoms with Crippen molar-refractivity contribution < 1.29 is 5.11 Å². The van der Waals surface area contributed by atoms with Gasteiger partial charge >= 0.3 is 0 Å². The van der Waals surface area contributed by atoms with E-state index in [4.69, 9.17) is 23.2 Å². The summed E-state index contributed by atoms with van der Waals surface area (Å²) in [5, 5.41) is 11.3. The van der Waals surface area contributed by atoms with Crippen LogP contribution in [-0.2, 0) is 0 Å². The van der Waals surface area contributed by atoms with E-state index in [1.54, 1.807) is 12.1 Å². The average molecular weight is 251 g/mol. The first kappa shape index (κ1) is 10.2. The summed E-state index contributed by atoms with van der Waals surface area (Å²) in [6, 6.07) is 11.2. The standard InChI is InChI=1S/C13H8Cl2O/c14-7-5-10-12(11(15)6-7)8-3-1-2-4-9(8)13(10)16/h1-6,13,16H. The van der Waals surface area contributed by atoms with Gasteiger partial charge in [-0.05, 0) is 28.8 Å². The molecule has 1 aliphatic rings. The summed E-state index contributed by atoms with van der Waals surface area (Å²) in [6.45, 7) is 0. The van der Waals surface area contributed by atoms with Crippen LogP contribution in [0, 0.1) is 0 Å². The molecule has 0 aromatic heterocycles. The molecule has 2 aromatic rings. The molecule has 80 valence electrons. The van der Waals surface area contributed by atoms with E-state index in [2.05, 4.69) is 0 Å². The van der Waals surface area contributed by atoms with Crippen LogP contribution in [-0.4, -0.2) is 5.11 Å². The van der Waals surface area contributed by atoms with Crippen molar-refractivity contribution in [3.8, 4) is 11.1 Å². The smallest absolute Gasteiger partial charge is 0.105 e. The number of hydrogen-bond donors (Lipinski definition) is 1. The van der Waals surface area contributed by atoms with Crippen molar-refractivity contribution >= 4 is 23.2 Å². The zero-order valence-corrected chi connectivity index (χ0v) is 9.76. The van der Waals surface area contributed by atoms with Crippen molar-refractivity contribution in [2.75, 3.05) is 0 Å². The second kappa shape index (κ2) is 3.49. The van der Waals surface area contributed by atoms with Crippen LogP contribution in [0.3, 0.4) is 0 Å². The Morgan fingerprint density at radius 1 is 1.00 bits per heavy atom. The molecule has 3 rings (SSSR count). The fraction of sp³-hybridized carbons (Fsp3) is 0.0769. The van der Waals surface area contributed by atoms with E-state index in [0.717, 1.165) is 22.3 Å². The number of halogens is 2. The van der Waals surface area contributed by atoms with Gasteiger partial charge in [0.2, 0.25) is 0 Å². The number of aliphatic hydroxyl groups excluding tert-OH is 1. The summed E-state index contributed by atoms with van der Waals surface area (Å²) in [5.74, 6) is 0. The SMILES string of the molecule is OC1c2ccccc2-c2c(Cl)cc(Cl)cc21. The lowest BCUT2D eigenvalue weighted by atomic mass is 10.1. The van der Waals surface area contributed by atoms with Crippen molar-refractivity contribution in [1.82, 2.24) is 0 Å². The lowest BCUT2D eigenvalue weighted by Gasteiger charge is -2.06. The lowest BCUT2D eigenvalue weighted by molar-refractivity contribution is 0.225. The second-order valence-electron chi connectivity index (χ2n) is 3.84. The first-order valence-corrected chi connectivity index (χ1v) is 5.70. The largest absolute Gasteiger partial charge is 0.384 e. The van der Waals surface area contributed by atoms with Crippen molar-refractivity contribution in [2.24, 2.45) is 0 Å². The molecule has 0 aliphatic heterocycles. The van der Waals surface area contributed by atoms with Crippen LogP contribution in [0.2, 0.25) is 10.0 Å². The third-order valence-corrected chi connectivity index (χ3v) is 3.42. The van der Waals surface area contributed by atoms with Gasteiger partial charge in [0, 0.05) is 10.6 Å². The maximum atomic E-state index is 10.2. The Labute approximate surface area is 103 Å². The summed E-state index contributed by atoms with van der Waals surface area (Å²) in [7, 11) is 0. The molecule has 3 heteroatoms. The molecule has 0 spiro atoms. The highest BCUT2D eigenvalue weighted by molar-refractivity contribution is 6.37. The van der Waals surface area contributed by atoms with Crippen LogP contribution < -0.4 is 0 Å². The molecule has 0 fully saturated rings. The molecule has 0 amide bonds. The molecular formula is C13H8Cl2O. The molecule has 2 aromatic carbocycles. The van der Waals surface area contributed by atoms with Gasteiger partial charge in [-0.1, -0.05) is 47.5 Å². The number of benzene rings is 2. The summed E-state index contributed by atoms with van der Waals surface area (Å²) in [6.07, 6.45) is -0.623. The van der Waals surface area contributed by atoms with Crippen molar-refractivity contribution in [3.63, 3.8) is 0 Å². The zero-order valence-electron chi connectivity index (χ0n) is 8.24. The monoisotopic (exact) mass is 250 g/mol. The summed E-state index contributed by atoms with van der Waals surface area (Å²) < 4.78 is 0. The van der Waals surface area contributed by atoms with Gasteiger partial charge in [0.1, 0.15) is 6.10 Å². The molecule has 1 N–H and O–H groups in total. The number of hydrogen-bond acceptors (Lipinski definition) is 1. The van der Waals surface area contributed by atoms with Crippen LogP contribution >= 0.6 is 23.2 Å². The highest BCUT2D eigenvalue weighted by atomic mass is 35.5. The molecular weight excluding hydrogens is 243 g/mol. The van der Waals surface area contributed by atoms with Crippen LogP contribution in [0.25, 0.3) is 11.1 Å². The van der Waals surface area contributed by atoms with Crippen LogP contribution in [0.4, 0.5) is 0 Å². The predicted molar refractivity (Wildman–Crippen MR) is 66.0 cm³/mol. The Kier molecular flexibility index (Phi) is 2.21. The molecule has 0 saturated heterocycles. The number of rotatable bonds is 0. The summed E-state index contributed by atoms with van der Waals surface area (Å²) >= 11 is 12.1. The minimum atomic E-state index is -0.623. The highest BCUT2D eigenvalue weighted by Crippen LogP contribution is 2.47. The van der Waals surface area contributed by atoms with Gasteiger partial charge in [-0.25, -0.2) is 0 Å². The summed E-state index contributed by atoms with van der Waals surface area (Å²) in [4.78, 5) is 0. The lowest BCUT2D eigenvalue weighted by Crippen LogP contribution is -1.93. The first-order chi connectivity index (χ1) is 7.68. The molecule has 0 bridgehead atoms. The Bertz CT molecular complexity index is 578. The molecule has 1 nitrogen and oxygen atoms in total. The van der Waals surface area contributed by atoms with Gasteiger partial charge in [0.05, 0.1) is 5.02 Å². The van der Waals surface area contributed by atoms with Gasteiger partial charge in [-0.15, -0.1) is 0 Å². The molecule has 1 atom stereocenters. The van der Waals surface area contributed by atoms with Crippen LogP contribution in [0.5, 0.6) is 0 Å². The van der Waals surface area contributed by atoms with Crippen LogP contribution in [0.15, 0.2) is 36.4 Å². The Hall–Kier alpha value is -1.02. The van der Waals surface area contributed by atoms with E-state index in [9.17, 15) is 5.11 Å². The van der Waals surface area contributed by atoms with Gasteiger partial charge in [0.15, 0.2) is 0 Å². The van der Waals surface area contributed by atoms with Gasteiger partial charge < -0.3 is 5.11 Å². The first-order valence-electron chi connectivity index (χ1n) is 4.95. The quantitative estimate of drug-likeness (QED) is 0.748. The van der Waals surface area contributed by atoms with Crippen molar-refractivity contribution in [2.45, 2.75) is 6.10 Å². The normalized spacial score (nSPS) is 17.1. The minimum Gasteiger partial charge on any atom is -0.384 e. The maximum absolute atomic E-state index is 10.2. The second-order valence-corrected chi connectivity index (χ2v) is 4.69. The van der Waals surface area contributed by atoms with Crippen LogP contribution in [0.1, 0.15) is 17.2 Å². The predicted octanol–water partition coefficient (Wildman–Crippen LogP) is 4.06. The molecule has 1 aliphatic carbocycles. The Morgan fingerprint density at radius 3 is 2.56 bits per heavy atom. The minimum absolute atomic E-state index is 0.551. The van der Waals surface area contributed by atoms with Gasteiger partial charge in [0.25, 0.3) is 0 Å². The van der Waals surface area contributed by atoms with Gasteiger partial charge in [-0.2, -0.15) is 0 Å². The third kappa shape index (κ3) is 1.29. The topological polar surface area (TPSA) is 20.2 Å². The number of aliphatic hydroxyl groups is 1. The Morgan fingerprint density at radius 2 is 1.75 bits per heavy atom. The maximum Gasteiger partial charge on any atom is 0.105 e. The van der Waals surface area contributed by atoms with E-state index in [1.165, 1.54) is 0 Å². The molecule has 0 heterocycles. The van der Waals surface area contributed by atoms with E-state index in [0.29, 0.717) is 10.0 Å². The van der Waals surface area contributed by atoms with Gasteiger partial charge in [-0.3, -0.25) is 0 Å². The van der Waals surface area contributed by atoms with Crippen molar-refractivity contribution in [3.05, 3.63) is 57.6 Å². The molecule has 16 heavy (non-hydrogen) atoms. The fourth-order valence-electron chi connectivity index (χ4n) is 2.22. The summed E-state index contributed by atoms with van der Waals surface area (Å²) in [5.41, 5.74) is 3.57. The fourth-order valence-corrected chi connectivity index (χ4v) is 2.83. The van der Waals surface area contributed by atoms with E-state index >= 15 is 0 Å². The Balaban J connectivity index is 2.38. The average Bonchev–Trinajstić information content (AvgIpc) is 2.54. The van der Waals surface area contributed by atoms with E-state index in [1.807, 2.05) is 24.3 Å². The molecule has 1 unspecified atom stereocenters. The van der Waals surface area contributed by atoms with Crippen molar-refractivity contribution in [1.29, 1.82) is 0 Å². The molecule has 0 saturated carbocycles. The molecule has 0 radical (unpaired) electrons.